The number of amides is 2. The molecule has 3 aromatic rings. The molecular weight excluding hydrogens is 540 g/mol. The molecule has 2 N–H and O–H groups in total. The van der Waals surface area contributed by atoms with Gasteiger partial charge in [-0.05, 0) is 99.4 Å². The Kier molecular flexibility index (Phi) is 9.65. The maximum absolute atomic E-state index is 13.2. The monoisotopic (exact) mass is 588 g/mol. The van der Waals surface area contributed by atoms with Crippen molar-refractivity contribution < 1.29 is 19.1 Å². The van der Waals surface area contributed by atoms with Crippen molar-refractivity contribution in [2.75, 3.05) is 46.9 Å². The van der Waals surface area contributed by atoms with E-state index in [0.717, 1.165) is 67.8 Å². The third-order valence-corrected chi connectivity index (χ3v) is 9.10. The quantitative estimate of drug-likeness (QED) is 0.324. The van der Waals surface area contributed by atoms with E-state index in [0.29, 0.717) is 30.7 Å². The van der Waals surface area contributed by atoms with Gasteiger partial charge in [-0.1, -0.05) is 19.9 Å². The predicted octanol–water partition coefficient (Wildman–Crippen LogP) is 5.92. The maximum atomic E-state index is 13.2. The van der Waals surface area contributed by atoms with Crippen LogP contribution < -0.4 is 14.8 Å². The summed E-state index contributed by atoms with van der Waals surface area (Å²) in [6, 6.07) is 13.0. The Morgan fingerprint density at radius 1 is 0.953 bits per heavy atom. The van der Waals surface area contributed by atoms with Crippen LogP contribution in [0.4, 0.5) is 0 Å². The first kappa shape index (κ1) is 30.9. The van der Waals surface area contributed by atoms with Crippen molar-refractivity contribution in [3.05, 3.63) is 47.5 Å². The number of carbonyl (C=O) groups excluding carboxylic acids is 2. The number of likely N-dealkylation sites (tertiary alicyclic amines) is 2. The fourth-order valence-corrected chi connectivity index (χ4v) is 6.87. The minimum Gasteiger partial charge on any atom is -0.493 e. The van der Waals surface area contributed by atoms with Gasteiger partial charge >= 0.3 is 0 Å². The second kappa shape index (κ2) is 13.4. The number of hydrogen-bond donors (Lipinski definition) is 2. The smallest absolute Gasteiger partial charge is 0.236 e. The summed E-state index contributed by atoms with van der Waals surface area (Å²) in [5, 5.41) is 4.30. The number of aromatic nitrogens is 1. The number of carbonyl (C=O) groups is 2. The average molecular weight is 589 g/mol. The number of hydrogen-bond acceptors (Lipinski definition) is 5. The number of nitrogens with one attached hydrogen (secondary N) is 2. The SMILES string of the molecule is COc1ccc(-c2[nH]c3ccc(C4CCN(C(=O)CN5CCC[C@H](C(=O)NC(C)C)C5)CC4)cc3c2C(C)C)cc1OC. The van der Waals surface area contributed by atoms with Crippen molar-refractivity contribution in [3.63, 3.8) is 0 Å². The molecule has 2 aliphatic heterocycles. The van der Waals surface area contributed by atoms with Gasteiger partial charge in [0.1, 0.15) is 0 Å². The number of ether oxygens (including phenoxy) is 2. The summed E-state index contributed by atoms with van der Waals surface area (Å²) in [6.45, 7) is 12.0. The minimum atomic E-state index is -0.0268. The fraction of sp³-hybridized carbons (Fsp3) is 0.543. The summed E-state index contributed by atoms with van der Waals surface area (Å²) in [5.41, 5.74) is 5.97. The Labute approximate surface area is 256 Å². The Bertz CT molecular complexity index is 1440. The minimum absolute atomic E-state index is 0.0268. The number of rotatable bonds is 9. The van der Waals surface area contributed by atoms with Crippen molar-refractivity contribution in [1.82, 2.24) is 20.1 Å². The summed E-state index contributed by atoms with van der Waals surface area (Å²) < 4.78 is 11.0. The van der Waals surface area contributed by atoms with Crippen LogP contribution in [0.2, 0.25) is 0 Å². The first-order valence-electron chi connectivity index (χ1n) is 15.9. The van der Waals surface area contributed by atoms with Gasteiger partial charge in [-0.15, -0.1) is 0 Å². The molecule has 1 aromatic heterocycles. The number of H-pyrrole nitrogens is 1. The molecule has 0 aliphatic carbocycles. The van der Waals surface area contributed by atoms with Crippen LogP contribution in [0.1, 0.15) is 76.3 Å². The Morgan fingerprint density at radius 3 is 2.37 bits per heavy atom. The van der Waals surface area contributed by atoms with Crippen molar-refractivity contribution in [2.24, 2.45) is 5.92 Å². The highest BCUT2D eigenvalue weighted by molar-refractivity contribution is 5.92. The molecule has 0 saturated carbocycles. The molecule has 1 atom stereocenters. The molecule has 3 heterocycles. The number of fused-ring (bicyclic) bond motifs is 1. The molecule has 2 amide bonds. The largest absolute Gasteiger partial charge is 0.493 e. The van der Waals surface area contributed by atoms with Crippen LogP contribution in [0.3, 0.4) is 0 Å². The Balaban J connectivity index is 1.25. The molecular formula is C35H48N4O4. The van der Waals surface area contributed by atoms with Gasteiger partial charge in [0.15, 0.2) is 11.5 Å². The lowest BCUT2D eigenvalue weighted by molar-refractivity contribution is -0.135. The molecule has 232 valence electrons. The highest BCUT2D eigenvalue weighted by atomic mass is 16.5. The van der Waals surface area contributed by atoms with Crippen LogP contribution in [0, 0.1) is 5.92 Å². The van der Waals surface area contributed by atoms with E-state index < -0.39 is 0 Å². The number of nitrogens with zero attached hydrogens (tertiary/aromatic N) is 2. The normalized spacial score (nSPS) is 18.4. The van der Waals surface area contributed by atoms with E-state index in [4.69, 9.17) is 9.47 Å². The second-order valence-corrected chi connectivity index (χ2v) is 12.8. The van der Waals surface area contributed by atoms with Gasteiger partial charge in [0.2, 0.25) is 11.8 Å². The summed E-state index contributed by atoms with van der Waals surface area (Å²) in [4.78, 5) is 33.7. The zero-order valence-electron chi connectivity index (χ0n) is 26.7. The number of piperidine rings is 2. The Morgan fingerprint density at radius 2 is 1.70 bits per heavy atom. The van der Waals surface area contributed by atoms with Crippen LogP contribution in [0.5, 0.6) is 11.5 Å². The first-order valence-corrected chi connectivity index (χ1v) is 15.9. The van der Waals surface area contributed by atoms with E-state index >= 15 is 0 Å². The van der Waals surface area contributed by atoms with Crippen LogP contribution in [-0.4, -0.2) is 79.6 Å². The van der Waals surface area contributed by atoms with Gasteiger partial charge in [-0.2, -0.15) is 0 Å². The van der Waals surface area contributed by atoms with Gasteiger partial charge in [-0.25, -0.2) is 0 Å². The van der Waals surface area contributed by atoms with Crippen LogP contribution in [0.15, 0.2) is 36.4 Å². The molecule has 0 spiro atoms. The van der Waals surface area contributed by atoms with Crippen LogP contribution in [0.25, 0.3) is 22.2 Å². The number of methoxy groups -OCH3 is 2. The molecule has 2 aliphatic rings. The van der Waals surface area contributed by atoms with E-state index in [1.807, 2.05) is 30.9 Å². The molecule has 8 nitrogen and oxygen atoms in total. The molecule has 2 fully saturated rings. The van der Waals surface area contributed by atoms with E-state index in [1.165, 1.54) is 16.5 Å². The topological polar surface area (TPSA) is 86.9 Å². The molecule has 43 heavy (non-hydrogen) atoms. The molecule has 2 saturated heterocycles. The highest BCUT2D eigenvalue weighted by Gasteiger charge is 2.30. The number of aromatic amines is 1. The third-order valence-electron chi connectivity index (χ3n) is 9.10. The van der Waals surface area contributed by atoms with E-state index in [1.54, 1.807) is 14.2 Å². The van der Waals surface area contributed by atoms with Gasteiger partial charge in [-0.3, -0.25) is 14.5 Å². The summed E-state index contributed by atoms with van der Waals surface area (Å²) in [7, 11) is 3.32. The Hall–Kier alpha value is -3.52. The lowest BCUT2D eigenvalue weighted by Gasteiger charge is -2.36. The average Bonchev–Trinajstić information content (AvgIpc) is 3.40. The number of benzene rings is 2. The van der Waals surface area contributed by atoms with Gasteiger partial charge < -0.3 is 24.7 Å². The van der Waals surface area contributed by atoms with Crippen molar-refractivity contribution in [3.8, 4) is 22.8 Å². The van der Waals surface area contributed by atoms with Gasteiger partial charge in [0, 0.05) is 42.1 Å². The molecule has 0 radical (unpaired) electrons. The maximum Gasteiger partial charge on any atom is 0.236 e. The molecule has 8 heteroatoms. The van der Waals surface area contributed by atoms with Gasteiger partial charge in [0.25, 0.3) is 0 Å². The van der Waals surface area contributed by atoms with E-state index in [-0.39, 0.29) is 23.8 Å². The van der Waals surface area contributed by atoms with Crippen molar-refractivity contribution >= 4 is 22.7 Å². The molecule has 0 bridgehead atoms. The van der Waals surface area contributed by atoms with Crippen LogP contribution >= 0.6 is 0 Å². The fourth-order valence-electron chi connectivity index (χ4n) is 6.87. The predicted molar refractivity (Wildman–Crippen MR) is 172 cm³/mol. The van der Waals surface area contributed by atoms with Crippen molar-refractivity contribution in [1.29, 1.82) is 0 Å². The van der Waals surface area contributed by atoms with E-state index in [2.05, 4.69) is 53.3 Å². The molecule has 2 aromatic carbocycles. The summed E-state index contributed by atoms with van der Waals surface area (Å²) in [6.07, 6.45) is 3.77. The van der Waals surface area contributed by atoms with Gasteiger partial charge in [0.05, 0.1) is 32.4 Å². The third kappa shape index (κ3) is 6.85. The zero-order valence-corrected chi connectivity index (χ0v) is 26.7. The molecule has 5 rings (SSSR count). The lowest BCUT2D eigenvalue weighted by atomic mass is 9.87. The van der Waals surface area contributed by atoms with Crippen molar-refractivity contribution in [2.45, 2.75) is 71.3 Å². The molecule has 0 unspecified atom stereocenters. The van der Waals surface area contributed by atoms with Crippen LogP contribution in [-0.2, 0) is 9.59 Å². The second-order valence-electron chi connectivity index (χ2n) is 12.8. The summed E-state index contributed by atoms with van der Waals surface area (Å²) >= 11 is 0. The highest BCUT2D eigenvalue weighted by Crippen LogP contribution is 2.40. The zero-order chi connectivity index (χ0) is 30.7. The first-order chi connectivity index (χ1) is 20.7. The summed E-state index contributed by atoms with van der Waals surface area (Å²) in [5.74, 6) is 2.46. The lowest BCUT2D eigenvalue weighted by Crippen LogP contribution is -2.49. The standard InChI is InChI=1S/C35H48N4O4/c1-22(2)33-28-18-25(9-11-29(28)37-34(33)26-10-12-30(42-5)31(19-26)43-6)24-13-16-39(17-14-24)32(40)21-38-15-7-8-27(20-38)35(41)36-23(3)4/h9-12,18-19,22-24,27,37H,7-8,13-17,20-21H2,1-6H3,(H,36,41)/t27-/m0/s1. The van der Waals surface area contributed by atoms with E-state index in [9.17, 15) is 9.59 Å².